The maximum atomic E-state index is 12.2. The molecular weight excluding hydrogens is 246 g/mol. The molecule has 1 rings (SSSR count). The van der Waals surface area contributed by atoms with Crippen LogP contribution in [0.5, 0.6) is 0 Å². The molecule has 0 aromatic heterocycles. The van der Waals surface area contributed by atoms with Crippen molar-refractivity contribution in [3.63, 3.8) is 0 Å². The standard InChI is InChI=1S/C10H17NO3S2/c1-4-7(9(13-2)14-3)8(12)11-5-6-16-10(11)15/h7,9H,4-6H2,1-3H3/t7-/m0/s1. The molecule has 1 aliphatic heterocycles. The van der Waals surface area contributed by atoms with Crippen molar-refractivity contribution in [1.29, 1.82) is 0 Å². The minimum absolute atomic E-state index is 0.00574. The second-order valence-electron chi connectivity index (χ2n) is 3.46. The van der Waals surface area contributed by atoms with Gasteiger partial charge < -0.3 is 9.47 Å². The van der Waals surface area contributed by atoms with Crippen LogP contribution in [-0.2, 0) is 14.3 Å². The van der Waals surface area contributed by atoms with Crippen molar-refractivity contribution in [3.05, 3.63) is 0 Å². The smallest absolute Gasteiger partial charge is 0.236 e. The molecule has 0 bridgehead atoms. The van der Waals surface area contributed by atoms with E-state index in [1.807, 2.05) is 6.92 Å². The van der Waals surface area contributed by atoms with E-state index in [9.17, 15) is 4.79 Å². The molecule has 1 atom stereocenters. The van der Waals surface area contributed by atoms with Gasteiger partial charge in [0.1, 0.15) is 4.32 Å². The Hall–Kier alpha value is -0.170. The van der Waals surface area contributed by atoms with Crippen LogP contribution in [0.3, 0.4) is 0 Å². The van der Waals surface area contributed by atoms with Crippen molar-refractivity contribution >= 4 is 34.2 Å². The van der Waals surface area contributed by atoms with Crippen LogP contribution in [0.4, 0.5) is 0 Å². The molecule has 16 heavy (non-hydrogen) atoms. The fourth-order valence-electron chi connectivity index (χ4n) is 1.70. The van der Waals surface area contributed by atoms with Crippen LogP contribution < -0.4 is 0 Å². The normalized spacial score (nSPS) is 18.2. The Kier molecular flexibility index (Phi) is 5.68. The second-order valence-corrected chi connectivity index (χ2v) is 5.19. The van der Waals surface area contributed by atoms with Gasteiger partial charge in [0.2, 0.25) is 5.91 Å². The van der Waals surface area contributed by atoms with Gasteiger partial charge in [-0.2, -0.15) is 0 Å². The lowest BCUT2D eigenvalue weighted by Crippen LogP contribution is -2.42. The lowest BCUT2D eigenvalue weighted by Gasteiger charge is -2.26. The van der Waals surface area contributed by atoms with Crippen molar-refractivity contribution < 1.29 is 14.3 Å². The van der Waals surface area contributed by atoms with Crippen molar-refractivity contribution in [3.8, 4) is 0 Å². The van der Waals surface area contributed by atoms with Crippen LogP contribution in [0.25, 0.3) is 0 Å². The number of ether oxygens (including phenoxy) is 2. The minimum atomic E-state index is -0.495. The van der Waals surface area contributed by atoms with Crippen molar-refractivity contribution in [1.82, 2.24) is 4.90 Å². The molecule has 1 saturated heterocycles. The summed E-state index contributed by atoms with van der Waals surface area (Å²) in [6.07, 6.45) is 0.181. The summed E-state index contributed by atoms with van der Waals surface area (Å²) in [5, 5.41) is 0. The lowest BCUT2D eigenvalue weighted by atomic mass is 10.0. The van der Waals surface area contributed by atoms with Crippen LogP contribution in [0.2, 0.25) is 0 Å². The molecule has 0 aromatic carbocycles. The molecule has 0 radical (unpaired) electrons. The first-order chi connectivity index (χ1) is 7.65. The van der Waals surface area contributed by atoms with Crippen LogP contribution in [0.1, 0.15) is 13.3 Å². The number of methoxy groups -OCH3 is 2. The highest BCUT2D eigenvalue weighted by molar-refractivity contribution is 8.23. The first-order valence-corrected chi connectivity index (χ1v) is 6.58. The van der Waals surface area contributed by atoms with Crippen LogP contribution in [0.15, 0.2) is 0 Å². The first kappa shape index (κ1) is 13.9. The maximum Gasteiger partial charge on any atom is 0.236 e. The summed E-state index contributed by atoms with van der Waals surface area (Å²) < 4.78 is 11.0. The quantitative estimate of drug-likeness (QED) is 0.555. The Balaban J connectivity index is 2.71. The molecule has 1 fully saturated rings. The summed E-state index contributed by atoms with van der Waals surface area (Å²) in [5.74, 6) is 0.601. The zero-order valence-electron chi connectivity index (χ0n) is 9.76. The van der Waals surface area contributed by atoms with E-state index in [0.29, 0.717) is 17.3 Å². The molecule has 4 nitrogen and oxygen atoms in total. The largest absolute Gasteiger partial charge is 0.355 e. The monoisotopic (exact) mass is 263 g/mol. The Bertz CT molecular complexity index is 269. The molecule has 0 unspecified atom stereocenters. The summed E-state index contributed by atoms with van der Waals surface area (Å²) in [6.45, 7) is 2.64. The van der Waals surface area contributed by atoms with Crippen LogP contribution in [-0.4, -0.2) is 47.9 Å². The van der Waals surface area contributed by atoms with E-state index >= 15 is 0 Å². The summed E-state index contributed by atoms with van der Waals surface area (Å²) in [4.78, 5) is 13.9. The van der Waals surface area contributed by atoms with Gasteiger partial charge in [-0.1, -0.05) is 30.9 Å². The van der Waals surface area contributed by atoms with Crippen molar-refractivity contribution in [2.75, 3.05) is 26.5 Å². The zero-order valence-corrected chi connectivity index (χ0v) is 11.4. The van der Waals surface area contributed by atoms with Crippen LogP contribution in [0, 0.1) is 5.92 Å². The lowest BCUT2D eigenvalue weighted by molar-refractivity contribution is -0.163. The fourth-order valence-corrected chi connectivity index (χ4v) is 2.92. The van der Waals surface area contributed by atoms with E-state index in [4.69, 9.17) is 21.7 Å². The Morgan fingerprint density at radius 3 is 2.56 bits per heavy atom. The van der Waals surface area contributed by atoms with Gasteiger partial charge in [-0.05, 0) is 6.42 Å². The summed E-state index contributed by atoms with van der Waals surface area (Å²) in [6, 6.07) is 0. The molecule has 92 valence electrons. The van der Waals surface area contributed by atoms with Gasteiger partial charge in [-0.15, -0.1) is 0 Å². The van der Waals surface area contributed by atoms with E-state index in [-0.39, 0.29) is 11.8 Å². The Morgan fingerprint density at radius 2 is 2.19 bits per heavy atom. The fraction of sp³-hybridized carbons (Fsp3) is 0.800. The topological polar surface area (TPSA) is 38.8 Å². The maximum absolute atomic E-state index is 12.2. The van der Waals surface area contributed by atoms with Gasteiger partial charge in [0.15, 0.2) is 6.29 Å². The third kappa shape index (κ3) is 2.94. The average molecular weight is 263 g/mol. The van der Waals surface area contributed by atoms with Gasteiger partial charge in [0.05, 0.1) is 5.92 Å². The first-order valence-electron chi connectivity index (χ1n) is 5.19. The highest BCUT2D eigenvalue weighted by atomic mass is 32.2. The van der Waals surface area contributed by atoms with Gasteiger partial charge >= 0.3 is 0 Å². The third-order valence-corrected chi connectivity index (χ3v) is 4.00. The number of thioether (sulfide) groups is 1. The molecule has 0 saturated carbocycles. The number of thiocarbonyl (C=S) groups is 1. The SMILES string of the molecule is CC[C@@H](C(=O)N1CCSC1=S)C(OC)OC. The Labute approximate surface area is 106 Å². The molecular formula is C10H17NO3S2. The molecule has 0 spiro atoms. The number of hydrogen-bond donors (Lipinski definition) is 0. The van der Waals surface area contributed by atoms with Gasteiger partial charge in [0, 0.05) is 26.5 Å². The molecule has 1 amide bonds. The van der Waals surface area contributed by atoms with E-state index in [1.165, 1.54) is 0 Å². The highest BCUT2D eigenvalue weighted by Crippen LogP contribution is 2.23. The van der Waals surface area contributed by atoms with E-state index in [2.05, 4.69) is 0 Å². The zero-order chi connectivity index (χ0) is 12.1. The number of nitrogens with zero attached hydrogens (tertiary/aromatic N) is 1. The molecule has 0 aliphatic carbocycles. The Morgan fingerprint density at radius 1 is 1.56 bits per heavy atom. The number of carbonyl (C=O) groups is 1. The van der Waals surface area contributed by atoms with Crippen LogP contribution >= 0.6 is 24.0 Å². The molecule has 1 aliphatic rings. The second kappa shape index (κ2) is 6.54. The van der Waals surface area contributed by atoms with Gasteiger partial charge in [-0.3, -0.25) is 9.69 Å². The van der Waals surface area contributed by atoms with Gasteiger partial charge in [0.25, 0.3) is 0 Å². The highest BCUT2D eigenvalue weighted by Gasteiger charge is 2.34. The number of amides is 1. The summed E-state index contributed by atoms with van der Waals surface area (Å²) in [7, 11) is 3.09. The summed E-state index contributed by atoms with van der Waals surface area (Å²) in [5.41, 5.74) is 0. The molecule has 6 heteroatoms. The van der Waals surface area contributed by atoms with Crippen molar-refractivity contribution in [2.24, 2.45) is 5.92 Å². The predicted molar refractivity (Wildman–Crippen MR) is 68.4 cm³/mol. The molecule has 0 aromatic rings. The minimum Gasteiger partial charge on any atom is -0.355 e. The third-order valence-electron chi connectivity index (χ3n) is 2.58. The summed E-state index contributed by atoms with van der Waals surface area (Å²) >= 11 is 6.67. The van der Waals surface area contributed by atoms with E-state index in [0.717, 1.165) is 5.75 Å². The number of rotatable bonds is 5. The van der Waals surface area contributed by atoms with E-state index < -0.39 is 6.29 Å². The number of carbonyl (C=O) groups excluding carboxylic acids is 1. The molecule has 1 heterocycles. The molecule has 0 N–H and O–H groups in total. The van der Waals surface area contributed by atoms with Gasteiger partial charge in [-0.25, -0.2) is 0 Å². The number of hydrogen-bond acceptors (Lipinski definition) is 5. The van der Waals surface area contributed by atoms with E-state index in [1.54, 1.807) is 30.9 Å². The average Bonchev–Trinajstić information content (AvgIpc) is 2.71. The van der Waals surface area contributed by atoms with Crippen molar-refractivity contribution in [2.45, 2.75) is 19.6 Å². The predicted octanol–water partition coefficient (Wildman–Crippen LogP) is 1.49.